The van der Waals surface area contributed by atoms with Gasteiger partial charge in [0.25, 0.3) is 0 Å². The third-order valence-corrected chi connectivity index (χ3v) is 11.5. The molecule has 56 heavy (non-hydrogen) atoms. The van der Waals surface area contributed by atoms with Gasteiger partial charge >= 0.3 is 0 Å². The summed E-state index contributed by atoms with van der Waals surface area (Å²) in [4.78, 5) is 5.08. The van der Waals surface area contributed by atoms with Crippen molar-refractivity contribution in [2.45, 2.75) is 92.9 Å². The lowest BCUT2D eigenvalue weighted by atomic mass is 9.83. The summed E-state index contributed by atoms with van der Waals surface area (Å²) in [5, 5.41) is 0. The van der Waals surface area contributed by atoms with Gasteiger partial charge in [0.1, 0.15) is 0 Å². The molecule has 0 bridgehead atoms. The maximum atomic E-state index is 5.54. The Hall–Kier alpha value is -4.93. The van der Waals surface area contributed by atoms with E-state index in [0.717, 1.165) is 45.4 Å². The second-order valence-electron chi connectivity index (χ2n) is 16.5. The Bertz CT molecular complexity index is 2090. The Morgan fingerprint density at radius 1 is 0.839 bits per heavy atom. The second-order valence-corrected chi connectivity index (χ2v) is 16.5. The maximum Gasteiger partial charge on any atom is 0.208 e. The zero-order valence-corrected chi connectivity index (χ0v) is 35.5. The molecule has 292 valence electrons. The molecule has 4 aromatic rings. The zero-order valence-electron chi connectivity index (χ0n) is 35.5. The van der Waals surface area contributed by atoms with E-state index in [9.17, 15) is 0 Å². The summed E-state index contributed by atoms with van der Waals surface area (Å²) in [7, 11) is 1.80. The van der Waals surface area contributed by atoms with Crippen molar-refractivity contribution in [1.29, 1.82) is 0 Å². The van der Waals surface area contributed by atoms with Gasteiger partial charge in [-0.3, -0.25) is 0 Å². The van der Waals surface area contributed by atoms with Gasteiger partial charge in [-0.15, -0.1) is 0 Å². The van der Waals surface area contributed by atoms with Gasteiger partial charge in [-0.1, -0.05) is 119 Å². The van der Waals surface area contributed by atoms with Crippen LogP contribution in [0.5, 0.6) is 0 Å². The highest BCUT2D eigenvalue weighted by Crippen LogP contribution is 2.49. The number of fused-ring (bicyclic) bond motifs is 1. The molecule has 0 spiro atoms. The van der Waals surface area contributed by atoms with Crippen LogP contribution in [0.2, 0.25) is 0 Å². The molecule has 0 aromatic heterocycles. The van der Waals surface area contributed by atoms with Crippen molar-refractivity contribution in [3.05, 3.63) is 166 Å². The first-order valence-corrected chi connectivity index (χ1v) is 20.9. The van der Waals surface area contributed by atoms with Crippen LogP contribution < -0.4 is 9.80 Å². The summed E-state index contributed by atoms with van der Waals surface area (Å²) in [6, 6.07) is 35.6. The van der Waals surface area contributed by atoms with Crippen molar-refractivity contribution >= 4 is 28.5 Å². The van der Waals surface area contributed by atoms with E-state index in [1.54, 1.807) is 7.11 Å². The van der Waals surface area contributed by atoms with Gasteiger partial charge in [0.2, 0.25) is 5.69 Å². The van der Waals surface area contributed by atoms with Crippen molar-refractivity contribution in [1.82, 2.24) is 0 Å². The number of benzene rings is 4. The third kappa shape index (κ3) is 8.87. The summed E-state index contributed by atoms with van der Waals surface area (Å²) in [5.41, 5.74) is 16.9. The van der Waals surface area contributed by atoms with Gasteiger partial charge < -0.3 is 14.5 Å². The minimum atomic E-state index is -0.0998. The first-order chi connectivity index (χ1) is 27.0. The molecule has 0 saturated carbocycles. The standard InChI is InChI=1S/C52H64N3O/c1-10-11-33-54-49-30-24-40(5)37-46(49)52(7,8)50(54)32-28-43-26-25-42(51(43)55(44-19-14-12-15-20-44)45-21-16-13-17-22-45)27-31-47(38(2)3)53(34-18-35-56-9)48-29-23-39(4)36-41(48)6/h12-17,19-24,27-32,36-38H,10-11,18,25-26,33-35H2,1-9H3/q+1. The molecule has 0 saturated heterocycles. The van der Waals surface area contributed by atoms with Crippen LogP contribution in [0, 0.1) is 26.7 Å². The number of rotatable bonds is 15. The molecule has 0 fully saturated rings. The topological polar surface area (TPSA) is 18.7 Å². The molecule has 0 amide bonds. The molecule has 4 aromatic carbocycles. The molecule has 1 aliphatic carbocycles. The molecule has 0 unspecified atom stereocenters. The van der Waals surface area contributed by atoms with Crippen LogP contribution in [0.3, 0.4) is 0 Å². The lowest BCUT2D eigenvalue weighted by Gasteiger charge is -2.29. The summed E-state index contributed by atoms with van der Waals surface area (Å²) < 4.78 is 8.07. The highest BCUT2D eigenvalue weighted by Gasteiger charge is 2.39. The Morgan fingerprint density at radius 3 is 2.12 bits per heavy atom. The molecule has 6 rings (SSSR count). The normalized spacial score (nSPS) is 17.1. The van der Waals surface area contributed by atoms with Crippen LogP contribution in [-0.2, 0) is 10.2 Å². The van der Waals surface area contributed by atoms with Crippen molar-refractivity contribution in [2.75, 3.05) is 36.6 Å². The fourth-order valence-electron chi connectivity index (χ4n) is 8.56. The number of allylic oxidation sites excluding steroid dienone is 7. The molecule has 2 aliphatic rings. The van der Waals surface area contributed by atoms with Crippen LogP contribution in [0.1, 0.15) is 89.0 Å². The summed E-state index contributed by atoms with van der Waals surface area (Å²) in [5.74, 6) is 0.322. The zero-order chi connectivity index (χ0) is 39.8. The minimum absolute atomic E-state index is 0.0998. The summed E-state index contributed by atoms with van der Waals surface area (Å²) >= 11 is 0. The van der Waals surface area contributed by atoms with Gasteiger partial charge in [0.05, 0.1) is 12.3 Å². The van der Waals surface area contributed by atoms with E-state index < -0.39 is 0 Å². The number of methoxy groups -OCH3 is 1. The predicted molar refractivity (Wildman–Crippen MR) is 240 cm³/mol. The molecule has 4 nitrogen and oxygen atoms in total. The first-order valence-electron chi connectivity index (χ1n) is 20.9. The van der Waals surface area contributed by atoms with Crippen molar-refractivity contribution in [3.63, 3.8) is 0 Å². The maximum absolute atomic E-state index is 5.54. The van der Waals surface area contributed by atoms with E-state index in [1.165, 1.54) is 79.7 Å². The van der Waals surface area contributed by atoms with Crippen LogP contribution in [0.25, 0.3) is 0 Å². The SMILES string of the molecule is CCCCN1/C(=C/C=C2\CCC(/C=C/C(C(C)C)=[N+](\CCCOC)c3ccc(C)cc3C)=C2N(c2ccccc2)c2ccccc2)C(C)(C)c2cc(C)ccc21. The predicted octanol–water partition coefficient (Wildman–Crippen LogP) is 13.2. The first kappa shape index (κ1) is 40.7. The number of para-hydroxylation sites is 2. The Morgan fingerprint density at radius 2 is 1.50 bits per heavy atom. The minimum Gasteiger partial charge on any atom is -0.384 e. The van der Waals surface area contributed by atoms with Crippen LogP contribution in [0.15, 0.2) is 144 Å². The van der Waals surface area contributed by atoms with Crippen molar-refractivity contribution in [2.24, 2.45) is 5.92 Å². The summed E-state index contributed by atoms with van der Waals surface area (Å²) in [6.45, 7) is 21.0. The number of nitrogens with zero attached hydrogens (tertiary/aromatic N) is 3. The second kappa shape index (κ2) is 18.3. The molecule has 1 aliphatic heterocycles. The van der Waals surface area contributed by atoms with E-state index in [1.807, 2.05) is 0 Å². The molecular formula is C52H64N3O+. The number of anilines is 3. The fraction of sp³-hybridized carbons (Fsp3) is 0.365. The Balaban J connectivity index is 1.55. The lowest BCUT2D eigenvalue weighted by molar-refractivity contribution is -0.444. The van der Waals surface area contributed by atoms with Gasteiger partial charge in [0.15, 0.2) is 12.3 Å². The highest BCUT2D eigenvalue weighted by molar-refractivity contribution is 5.94. The van der Waals surface area contributed by atoms with Crippen LogP contribution in [0.4, 0.5) is 22.7 Å². The fourth-order valence-corrected chi connectivity index (χ4v) is 8.56. The van der Waals surface area contributed by atoms with E-state index in [2.05, 4.69) is 191 Å². The van der Waals surface area contributed by atoms with Crippen LogP contribution in [-0.4, -0.2) is 37.1 Å². The van der Waals surface area contributed by atoms with E-state index >= 15 is 0 Å². The molecule has 1 heterocycles. The van der Waals surface area contributed by atoms with Crippen molar-refractivity contribution in [3.8, 4) is 0 Å². The van der Waals surface area contributed by atoms with E-state index in [-0.39, 0.29) is 5.41 Å². The van der Waals surface area contributed by atoms with Gasteiger partial charge in [-0.2, -0.15) is 4.58 Å². The number of aryl methyl sites for hydroxylation is 3. The molecule has 0 radical (unpaired) electrons. The third-order valence-electron chi connectivity index (χ3n) is 11.5. The Kier molecular flexibility index (Phi) is 13.3. The quantitative estimate of drug-likeness (QED) is 0.0686. The summed E-state index contributed by atoms with van der Waals surface area (Å²) in [6.07, 6.45) is 15.0. The number of hydrogen-bond donors (Lipinski definition) is 0. The molecular weight excluding hydrogens is 683 g/mol. The largest absolute Gasteiger partial charge is 0.384 e. The average molecular weight is 747 g/mol. The van der Waals surface area contributed by atoms with Crippen molar-refractivity contribution < 1.29 is 9.31 Å². The molecule has 0 atom stereocenters. The smallest absolute Gasteiger partial charge is 0.208 e. The molecule has 0 N–H and O–H groups in total. The number of hydrogen-bond acceptors (Lipinski definition) is 3. The lowest BCUT2D eigenvalue weighted by Crippen LogP contribution is -2.27. The monoisotopic (exact) mass is 747 g/mol. The van der Waals surface area contributed by atoms with Crippen LogP contribution >= 0.6 is 0 Å². The van der Waals surface area contributed by atoms with E-state index in [4.69, 9.17) is 4.74 Å². The van der Waals surface area contributed by atoms with Gasteiger partial charge in [-0.25, -0.2) is 0 Å². The molecule has 4 heteroatoms. The Labute approximate surface area is 338 Å². The van der Waals surface area contributed by atoms with Gasteiger partial charge in [0, 0.05) is 71.9 Å². The van der Waals surface area contributed by atoms with E-state index in [0.29, 0.717) is 5.92 Å². The average Bonchev–Trinajstić information content (AvgIpc) is 3.67. The number of ether oxygens (including phenoxy) is 1. The van der Waals surface area contributed by atoms with Gasteiger partial charge in [-0.05, 0) is 99.2 Å². The highest BCUT2D eigenvalue weighted by atomic mass is 16.5. The number of unbranched alkanes of at least 4 members (excludes halogenated alkanes) is 1.